The number of amides is 3. The van der Waals surface area contributed by atoms with Gasteiger partial charge in [-0.15, -0.1) is 11.3 Å². The molecule has 1 aliphatic heterocycles. The average molecular weight is 389 g/mol. The summed E-state index contributed by atoms with van der Waals surface area (Å²) in [6.07, 6.45) is 1.63. The molecule has 1 fully saturated rings. The molecule has 0 saturated carbocycles. The summed E-state index contributed by atoms with van der Waals surface area (Å²) in [7, 11) is 0. The topological polar surface area (TPSA) is 83.8 Å². The first-order valence-corrected chi connectivity index (χ1v) is 9.00. The molecule has 0 aliphatic carbocycles. The highest BCUT2D eigenvalue weighted by molar-refractivity contribution is 7.15. The number of fused-ring (bicyclic) bond motifs is 1. The summed E-state index contributed by atoms with van der Waals surface area (Å²) in [5, 5.41) is 5.01. The number of carbonyl (C=O) groups is 2. The van der Waals surface area contributed by atoms with Crippen LogP contribution in [0.3, 0.4) is 0 Å². The molecule has 26 heavy (non-hydrogen) atoms. The standard InChI is InChI=1S/C17H13ClN4O3S/c1-17(10-2-4-11(18)5-3-10)14(24)22(15(25)20-17)9-12-8-13(23)21-6-7-26-16(21)19-12/h2-8H,9H2,1H3,(H,20,25)/t17-/m1/s1. The van der Waals surface area contributed by atoms with Gasteiger partial charge in [0, 0.05) is 22.7 Å². The van der Waals surface area contributed by atoms with Crippen molar-refractivity contribution in [2.24, 2.45) is 0 Å². The molecule has 0 radical (unpaired) electrons. The third kappa shape index (κ3) is 2.58. The minimum atomic E-state index is -1.19. The van der Waals surface area contributed by atoms with Crippen LogP contribution in [0.25, 0.3) is 4.96 Å². The van der Waals surface area contributed by atoms with E-state index >= 15 is 0 Å². The predicted molar refractivity (Wildman–Crippen MR) is 97.2 cm³/mol. The van der Waals surface area contributed by atoms with E-state index in [1.807, 2.05) is 0 Å². The Labute approximate surface area is 156 Å². The lowest BCUT2D eigenvalue weighted by molar-refractivity contribution is -0.131. The second-order valence-corrected chi connectivity index (χ2v) is 7.40. The highest BCUT2D eigenvalue weighted by atomic mass is 35.5. The molecule has 2 aromatic heterocycles. The number of carbonyl (C=O) groups excluding carboxylic acids is 2. The minimum absolute atomic E-state index is 0.0719. The van der Waals surface area contributed by atoms with Gasteiger partial charge in [-0.25, -0.2) is 9.78 Å². The molecule has 1 saturated heterocycles. The van der Waals surface area contributed by atoms with Gasteiger partial charge in [0.1, 0.15) is 5.54 Å². The smallest absolute Gasteiger partial charge is 0.319 e. The molecule has 9 heteroatoms. The van der Waals surface area contributed by atoms with Gasteiger partial charge < -0.3 is 5.32 Å². The summed E-state index contributed by atoms with van der Waals surface area (Å²) in [5.41, 5.74) is -0.450. The zero-order valence-corrected chi connectivity index (χ0v) is 15.2. The van der Waals surface area contributed by atoms with Crippen LogP contribution in [0.15, 0.2) is 46.7 Å². The fourth-order valence-corrected chi connectivity index (χ4v) is 3.81. The molecule has 0 unspecified atom stereocenters. The highest BCUT2D eigenvalue weighted by Crippen LogP contribution is 2.30. The first-order chi connectivity index (χ1) is 12.4. The second kappa shape index (κ2) is 5.93. The van der Waals surface area contributed by atoms with Crippen molar-refractivity contribution in [1.82, 2.24) is 19.6 Å². The van der Waals surface area contributed by atoms with Crippen molar-refractivity contribution in [1.29, 1.82) is 0 Å². The number of hydrogen-bond donors (Lipinski definition) is 1. The molecule has 3 amide bonds. The number of urea groups is 1. The molecule has 1 aliphatic rings. The van der Waals surface area contributed by atoms with E-state index in [1.54, 1.807) is 42.8 Å². The van der Waals surface area contributed by atoms with E-state index in [-0.39, 0.29) is 12.1 Å². The molecule has 0 bridgehead atoms. The van der Waals surface area contributed by atoms with Gasteiger partial charge in [-0.3, -0.25) is 18.9 Å². The Bertz CT molecular complexity index is 1090. The number of rotatable bonds is 3. The van der Waals surface area contributed by atoms with Crippen LogP contribution in [0.2, 0.25) is 5.02 Å². The maximum atomic E-state index is 12.9. The first-order valence-electron chi connectivity index (χ1n) is 7.74. The molecule has 3 aromatic rings. The third-order valence-electron chi connectivity index (χ3n) is 4.37. The van der Waals surface area contributed by atoms with Gasteiger partial charge in [0.25, 0.3) is 11.5 Å². The van der Waals surface area contributed by atoms with Gasteiger partial charge in [0.2, 0.25) is 0 Å². The van der Waals surface area contributed by atoms with Crippen molar-refractivity contribution in [2.75, 3.05) is 0 Å². The summed E-state index contributed by atoms with van der Waals surface area (Å²) in [6, 6.07) is 7.53. The van der Waals surface area contributed by atoms with Crippen LogP contribution in [0, 0.1) is 0 Å². The Balaban J connectivity index is 1.66. The Morgan fingerprint density at radius 2 is 1.96 bits per heavy atom. The molecule has 3 heterocycles. The van der Waals surface area contributed by atoms with E-state index in [9.17, 15) is 14.4 Å². The van der Waals surface area contributed by atoms with Gasteiger partial charge >= 0.3 is 6.03 Å². The Morgan fingerprint density at radius 3 is 2.69 bits per heavy atom. The van der Waals surface area contributed by atoms with Crippen molar-refractivity contribution in [2.45, 2.75) is 19.0 Å². The molecule has 1 aromatic carbocycles. The van der Waals surface area contributed by atoms with Crippen molar-refractivity contribution in [3.63, 3.8) is 0 Å². The fraction of sp³-hybridized carbons (Fsp3) is 0.176. The van der Waals surface area contributed by atoms with Crippen LogP contribution in [-0.2, 0) is 16.9 Å². The van der Waals surface area contributed by atoms with Gasteiger partial charge in [0.15, 0.2) is 4.96 Å². The Hall–Kier alpha value is -2.71. The van der Waals surface area contributed by atoms with Crippen LogP contribution in [-0.4, -0.2) is 26.2 Å². The Kier molecular flexibility index (Phi) is 3.82. The summed E-state index contributed by atoms with van der Waals surface area (Å²) in [5.74, 6) is -0.405. The quantitative estimate of drug-likeness (QED) is 0.698. The average Bonchev–Trinajstić information content (AvgIpc) is 3.15. The largest absolute Gasteiger partial charge is 0.325 e. The van der Waals surface area contributed by atoms with Crippen LogP contribution < -0.4 is 10.9 Å². The zero-order valence-electron chi connectivity index (χ0n) is 13.6. The van der Waals surface area contributed by atoms with Gasteiger partial charge in [-0.1, -0.05) is 23.7 Å². The molecule has 132 valence electrons. The van der Waals surface area contributed by atoms with Gasteiger partial charge in [-0.2, -0.15) is 0 Å². The summed E-state index contributed by atoms with van der Waals surface area (Å²) >= 11 is 7.20. The lowest BCUT2D eigenvalue weighted by atomic mass is 9.92. The SMILES string of the molecule is C[C@]1(c2ccc(Cl)cc2)NC(=O)N(Cc2cc(=O)n3ccsc3n2)C1=O. The lowest BCUT2D eigenvalue weighted by Gasteiger charge is -2.22. The lowest BCUT2D eigenvalue weighted by Crippen LogP contribution is -2.40. The fourth-order valence-electron chi connectivity index (χ4n) is 2.95. The van der Waals surface area contributed by atoms with E-state index < -0.39 is 17.5 Å². The minimum Gasteiger partial charge on any atom is -0.319 e. The van der Waals surface area contributed by atoms with Crippen LogP contribution in [0.4, 0.5) is 4.79 Å². The summed E-state index contributed by atoms with van der Waals surface area (Å²) in [4.78, 5) is 43.4. The zero-order chi connectivity index (χ0) is 18.5. The molecule has 1 atom stereocenters. The number of nitrogens with one attached hydrogen (secondary N) is 1. The first kappa shape index (κ1) is 16.7. The number of imide groups is 1. The Morgan fingerprint density at radius 1 is 1.23 bits per heavy atom. The second-order valence-electron chi connectivity index (χ2n) is 6.09. The predicted octanol–water partition coefficient (Wildman–Crippen LogP) is 2.38. The van der Waals surface area contributed by atoms with Crippen LogP contribution in [0.5, 0.6) is 0 Å². The maximum Gasteiger partial charge on any atom is 0.325 e. The molecule has 1 N–H and O–H groups in total. The molecular formula is C17H13ClN4O3S. The van der Waals surface area contributed by atoms with Gasteiger partial charge in [0.05, 0.1) is 12.2 Å². The van der Waals surface area contributed by atoms with Crippen molar-refractivity contribution >= 4 is 39.8 Å². The van der Waals surface area contributed by atoms with Crippen LogP contribution >= 0.6 is 22.9 Å². The number of aromatic nitrogens is 2. The van der Waals surface area contributed by atoms with Crippen LogP contribution in [0.1, 0.15) is 18.2 Å². The number of thiazole rings is 1. The van der Waals surface area contributed by atoms with Gasteiger partial charge in [-0.05, 0) is 24.6 Å². The molecular weight excluding hydrogens is 376 g/mol. The highest BCUT2D eigenvalue weighted by Gasteiger charge is 2.49. The van der Waals surface area contributed by atoms with Crippen molar-refractivity contribution < 1.29 is 9.59 Å². The van der Waals surface area contributed by atoms with E-state index in [1.165, 1.54) is 21.8 Å². The summed E-state index contributed by atoms with van der Waals surface area (Å²) < 4.78 is 1.41. The van der Waals surface area contributed by atoms with Crippen molar-refractivity contribution in [3.05, 3.63) is 68.5 Å². The summed E-state index contributed by atoms with van der Waals surface area (Å²) in [6.45, 7) is 1.57. The monoisotopic (exact) mass is 388 g/mol. The van der Waals surface area contributed by atoms with E-state index in [0.717, 1.165) is 4.90 Å². The molecule has 0 spiro atoms. The molecule has 4 rings (SSSR count). The molecule has 7 nitrogen and oxygen atoms in total. The van der Waals surface area contributed by atoms with Crippen molar-refractivity contribution in [3.8, 4) is 0 Å². The number of benzene rings is 1. The maximum absolute atomic E-state index is 12.9. The van der Waals surface area contributed by atoms with E-state index in [2.05, 4.69) is 10.3 Å². The van der Waals surface area contributed by atoms with E-state index in [0.29, 0.717) is 21.2 Å². The number of hydrogen-bond acceptors (Lipinski definition) is 5. The number of halogens is 1. The third-order valence-corrected chi connectivity index (χ3v) is 5.38. The van der Waals surface area contributed by atoms with E-state index in [4.69, 9.17) is 11.6 Å². The number of nitrogens with zero attached hydrogens (tertiary/aromatic N) is 3. The normalized spacial score (nSPS) is 20.0.